The number of nitrogens with zero attached hydrogens (tertiary/aromatic N) is 1. The van der Waals surface area contributed by atoms with Crippen LogP contribution in [-0.4, -0.2) is 46.3 Å². The van der Waals surface area contributed by atoms with E-state index in [1.165, 1.54) is 11.3 Å². The molecule has 3 heterocycles. The molecule has 25 heavy (non-hydrogen) atoms. The summed E-state index contributed by atoms with van der Waals surface area (Å²) in [5.74, 6) is -0.356. The van der Waals surface area contributed by atoms with Crippen molar-refractivity contribution in [3.05, 3.63) is 55.0 Å². The average Bonchev–Trinajstić information content (AvgIpc) is 3.13. The van der Waals surface area contributed by atoms with Crippen LogP contribution in [-0.2, 0) is 0 Å². The van der Waals surface area contributed by atoms with Gasteiger partial charge >= 0.3 is 5.69 Å². The second-order valence-corrected chi connectivity index (χ2v) is 6.90. The van der Waals surface area contributed by atoms with Gasteiger partial charge in [0.2, 0.25) is 0 Å². The van der Waals surface area contributed by atoms with Crippen LogP contribution in [0.1, 0.15) is 33.0 Å². The summed E-state index contributed by atoms with van der Waals surface area (Å²) in [7, 11) is 0. The largest absolute Gasteiger partial charge is 0.351 e. The number of likely N-dealkylation sites (tertiary alicyclic amines) is 1. The summed E-state index contributed by atoms with van der Waals surface area (Å²) >= 11 is 1.38. The van der Waals surface area contributed by atoms with Crippen molar-refractivity contribution in [2.45, 2.75) is 12.8 Å². The molecule has 1 saturated heterocycles. The molecule has 0 bridgehead atoms. The van der Waals surface area contributed by atoms with Crippen LogP contribution in [0.25, 0.3) is 0 Å². The number of hydrogen-bond acceptors (Lipinski definition) is 5. The van der Waals surface area contributed by atoms with Crippen LogP contribution in [0.15, 0.2) is 33.2 Å². The first kappa shape index (κ1) is 17.2. The fraction of sp³-hybridized carbons (Fsp3) is 0.375. The lowest BCUT2D eigenvalue weighted by Gasteiger charge is -2.32. The quantitative estimate of drug-likeness (QED) is 0.730. The molecule has 1 aliphatic rings. The van der Waals surface area contributed by atoms with Crippen molar-refractivity contribution in [1.29, 1.82) is 0 Å². The highest BCUT2D eigenvalue weighted by molar-refractivity contribution is 7.12. The number of amides is 2. The van der Waals surface area contributed by atoms with Gasteiger partial charge in [-0.05, 0) is 30.2 Å². The van der Waals surface area contributed by atoms with Gasteiger partial charge in [-0.15, -0.1) is 11.3 Å². The Morgan fingerprint density at radius 2 is 2.16 bits per heavy atom. The van der Waals surface area contributed by atoms with E-state index in [9.17, 15) is 19.2 Å². The SMILES string of the molecule is O=C(NC[C@H]1CCCN(C(=O)c2cc(=O)[nH]c(=O)[nH]2)C1)c1cccs1. The van der Waals surface area contributed by atoms with E-state index >= 15 is 0 Å². The Morgan fingerprint density at radius 1 is 1.32 bits per heavy atom. The highest BCUT2D eigenvalue weighted by atomic mass is 32.1. The lowest BCUT2D eigenvalue weighted by atomic mass is 9.97. The average molecular weight is 362 g/mol. The summed E-state index contributed by atoms with van der Waals surface area (Å²) in [6.45, 7) is 1.51. The van der Waals surface area contributed by atoms with E-state index in [2.05, 4.69) is 10.3 Å². The lowest BCUT2D eigenvalue weighted by Crippen LogP contribution is -2.44. The van der Waals surface area contributed by atoms with Crippen molar-refractivity contribution in [3.63, 3.8) is 0 Å². The maximum atomic E-state index is 12.5. The number of carbonyl (C=O) groups excluding carboxylic acids is 2. The summed E-state index contributed by atoms with van der Waals surface area (Å²) in [5, 5.41) is 4.74. The van der Waals surface area contributed by atoms with E-state index in [-0.39, 0.29) is 23.4 Å². The first-order valence-corrected chi connectivity index (χ1v) is 8.85. The molecule has 2 amide bonds. The molecule has 9 heteroatoms. The van der Waals surface area contributed by atoms with Crippen LogP contribution in [0.5, 0.6) is 0 Å². The third kappa shape index (κ3) is 4.24. The van der Waals surface area contributed by atoms with Gasteiger partial charge in [-0.2, -0.15) is 0 Å². The molecule has 3 N–H and O–H groups in total. The van der Waals surface area contributed by atoms with E-state index in [0.717, 1.165) is 18.9 Å². The minimum Gasteiger partial charge on any atom is -0.351 e. The Balaban J connectivity index is 1.60. The van der Waals surface area contributed by atoms with Gasteiger partial charge in [-0.1, -0.05) is 6.07 Å². The van der Waals surface area contributed by atoms with E-state index in [1.807, 2.05) is 16.4 Å². The van der Waals surface area contributed by atoms with E-state index in [1.54, 1.807) is 11.0 Å². The summed E-state index contributed by atoms with van der Waals surface area (Å²) in [5.41, 5.74) is -1.33. The number of H-pyrrole nitrogens is 2. The highest BCUT2D eigenvalue weighted by Crippen LogP contribution is 2.17. The van der Waals surface area contributed by atoms with Crippen LogP contribution in [0, 0.1) is 5.92 Å². The standard InChI is InChI=1S/C16H18N4O4S/c21-13-7-11(18-16(24)19-13)15(23)20-5-1-3-10(9-20)8-17-14(22)12-4-2-6-25-12/h2,4,6-7,10H,1,3,5,8-9H2,(H,17,22)(H2,18,19,21,24)/t10-/m1/s1. The van der Waals surface area contributed by atoms with E-state index in [0.29, 0.717) is 24.5 Å². The number of aromatic amines is 2. The zero-order valence-corrected chi connectivity index (χ0v) is 14.2. The smallest absolute Gasteiger partial charge is 0.326 e. The van der Waals surface area contributed by atoms with Crippen LogP contribution < -0.4 is 16.6 Å². The zero-order valence-electron chi connectivity index (χ0n) is 13.4. The molecule has 3 rings (SSSR count). The number of rotatable bonds is 4. The van der Waals surface area contributed by atoms with E-state index < -0.39 is 11.2 Å². The molecule has 1 atom stereocenters. The molecule has 8 nitrogen and oxygen atoms in total. The minimum atomic E-state index is -0.701. The van der Waals surface area contributed by atoms with Crippen LogP contribution >= 0.6 is 11.3 Å². The lowest BCUT2D eigenvalue weighted by molar-refractivity contribution is 0.0664. The molecule has 0 saturated carbocycles. The van der Waals surface area contributed by atoms with Crippen LogP contribution in [0.2, 0.25) is 0 Å². The van der Waals surface area contributed by atoms with Gasteiger partial charge in [-0.3, -0.25) is 19.4 Å². The molecular formula is C16H18N4O4S. The fourth-order valence-electron chi connectivity index (χ4n) is 2.90. The summed E-state index contributed by atoms with van der Waals surface area (Å²) in [4.78, 5) is 53.8. The molecule has 132 valence electrons. The molecule has 0 spiro atoms. The number of thiophene rings is 1. The van der Waals surface area contributed by atoms with Crippen molar-refractivity contribution >= 4 is 23.2 Å². The van der Waals surface area contributed by atoms with Gasteiger partial charge < -0.3 is 15.2 Å². The predicted octanol–water partition coefficient (Wildman–Crippen LogP) is 0.407. The first-order chi connectivity index (χ1) is 12.0. The molecule has 0 unspecified atom stereocenters. The normalized spacial score (nSPS) is 17.3. The topological polar surface area (TPSA) is 115 Å². The molecule has 0 aromatic carbocycles. The van der Waals surface area contributed by atoms with Gasteiger partial charge in [0, 0.05) is 25.7 Å². The zero-order chi connectivity index (χ0) is 17.8. The summed E-state index contributed by atoms with van der Waals surface area (Å²) in [6.07, 6.45) is 1.71. The third-order valence-corrected chi connectivity index (χ3v) is 4.96. The molecule has 2 aromatic heterocycles. The summed E-state index contributed by atoms with van der Waals surface area (Å²) < 4.78 is 0. The van der Waals surface area contributed by atoms with Crippen molar-refractivity contribution in [1.82, 2.24) is 20.2 Å². The number of piperidine rings is 1. The maximum Gasteiger partial charge on any atom is 0.326 e. The second kappa shape index (κ2) is 7.47. The molecular weight excluding hydrogens is 344 g/mol. The number of nitrogens with one attached hydrogen (secondary N) is 3. The molecule has 0 aliphatic carbocycles. The Morgan fingerprint density at radius 3 is 2.88 bits per heavy atom. The van der Waals surface area contributed by atoms with Crippen molar-refractivity contribution < 1.29 is 9.59 Å². The van der Waals surface area contributed by atoms with Crippen molar-refractivity contribution in [2.75, 3.05) is 19.6 Å². The molecule has 2 aromatic rings. The predicted molar refractivity (Wildman–Crippen MR) is 93.0 cm³/mol. The van der Waals surface area contributed by atoms with Gasteiger partial charge in [0.15, 0.2) is 0 Å². The van der Waals surface area contributed by atoms with Gasteiger partial charge in [0.25, 0.3) is 17.4 Å². The Hall–Kier alpha value is -2.68. The molecule has 1 fully saturated rings. The highest BCUT2D eigenvalue weighted by Gasteiger charge is 2.25. The van der Waals surface area contributed by atoms with Crippen molar-refractivity contribution in [2.24, 2.45) is 5.92 Å². The number of carbonyl (C=O) groups is 2. The first-order valence-electron chi connectivity index (χ1n) is 7.97. The Kier molecular flexibility index (Phi) is 5.13. The van der Waals surface area contributed by atoms with Crippen LogP contribution in [0.4, 0.5) is 0 Å². The number of hydrogen-bond donors (Lipinski definition) is 3. The molecule has 1 aliphatic heterocycles. The monoisotopic (exact) mass is 362 g/mol. The fourth-order valence-corrected chi connectivity index (χ4v) is 3.54. The van der Waals surface area contributed by atoms with Gasteiger partial charge in [0.05, 0.1) is 4.88 Å². The third-order valence-electron chi connectivity index (χ3n) is 4.09. The van der Waals surface area contributed by atoms with E-state index in [4.69, 9.17) is 0 Å². The van der Waals surface area contributed by atoms with Crippen molar-refractivity contribution in [3.8, 4) is 0 Å². The van der Waals surface area contributed by atoms with Crippen LogP contribution in [0.3, 0.4) is 0 Å². The van der Waals surface area contributed by atoms with Gasteiger partial charge in [0.1, 0.15) is 5.69 Å². The number of aromatic nitrogens is 2. The maximum absolute atomic E-state index is 12.5. The van der Waals surface area contributed by atoms with Gasteiger partial charge in [-0.25, -0.2) is 4.79 Å². The summed E-state index contributed by atoms with van der Waals surface area (Å²) in [6, 6.07) is 4.68. The Bertz CT molecular complexity index is 843. The second-order valence-electron chi connectivity index (χ2n) is 5.95. The minimum absolute atomic E-state index is 0.0166. The molecule has 0 radical (unpaired) electrons. The Labute approximate surface area is 146 Å².